The molecule has 1 fully saturated rings. The molecule has 1 saturated carbocycles. The van der Waals surface area contributed by atoms with E-state index in [1.54, 1.807) is 0 Å². The fourth-order valence-electron chi connectivity index (χ4n) is 3.61. The highest BCUT2D eigenvalue weighted by atomic mass is 32.1. The number of carbonyl (C=O) groups excluding carboxylic acids is 1. The SMILES string of the molecule is CC(NC1CCCc2sccc21)C(=O)NC1CCCCC1. The number of amides is 1. The number of thiophene rings is 1. The van der Waals surface area contributed by atoms with E-state index in [9.17, 15) is 4.79 Å². The van der Waals surface area contributed by atoms with Crippen molar-refractivity contribution in [2.45, 2.75) is 76.4 Å². The van der Waals surface area contributed by atoms with E-state index in [0.29, 0.717) is 12.1 Å². The summed E-state index contributed by atoms with van der Waals surface area (Å²) in [4.78, 5) is 13.9. The molecule has 2 aliphatic carbocycles. The molecule has 4 heteroatoms. The summed E-state index contributed by atoms with van der Waals surface area (Å²) in [5.41, 5.74) is 1.42. The van der Waals surface area contributed by atoms with E-state index in [0.717, 1.165) is 19.3 Å². The molecule has 0 bridgehead atoms. The summed E-state index contributed by atoms with van der Waals surface area (Å²) in [6.07, 6.45) is 9.71. The topological polar surface area (TPSA) is 41.1 Å². The highest BCUT2D eigenvalue weighted by molar-refractivity contribution is 7.10. The van der Waals surface area contributed by atoms with Crippen LogP contribution in [0.15, 0.2) is 11.4 Å². The second-order valence-corrected chi connectivity index (χ2v) is 7.48. The molecule has 1 aromatic rings. The van der Waals surface area contributed by atoms with Gasteiger partial charge in [-0.3, -0.25) is 10.1 Å². The van der Waals surface area contributed by atoms with Crippen molar-refractivity contribution in [3.63, 3.8) is 0 Å². The summed E-state index contributed by atoms with van der Waals surface area (Å²) in [6.45, 7) is 2.00. The van der Waals surface area contributed by atoms with Gasteiger partial charge < -0.3 is 5.32 Å². The largest absolute Gasteiger partial charge is 0.352 e. The van der Waals surface area contributed by atoms with Crippen LogP contribution in [-0.4, -0.2) is 18.0 Å². The van der Waals surface area contributed by atoms with Crippen molar-refractivity contribution in [3.8, 4) is 0 Å². The average molecular weight is 306 g/mol. The van der Waals surface area contributed by atoms with Crippen LogP contribution in [0.25, 0.3) is 0 Å². The molecule has 1 aromatic heterocycles. The summed E-state index contributed by atoms with van der Waals surface area (Å²) >= 11 is 1.85. The predicted octanol–water partition coefficient (Wildman–Crippen LogP) is 3.55. The Kier molecular flexibility index (Phi) is 4.96. The number of carbonyl (C=O) groups is 1. The van der Waals surface area contributed by atoms with Gasteiger partial charge in [0, 0.05) is 17.0 Å². The Balaban J connectivity index is 1.54. The number of hydrogen-bond donors (Lipinski definition) is 2. The van der Waals surface area contributed by atoms with Crippen LogP contribution >= 0.6 is 11.3 Å². The fraction of sp³-hybridized carbons (Fsp3) is 0.706. The Labute approximate surface area is 131 Å². The third-order valence-corrected chi connectivity index (χ3v) is 5.84. The molecule has 0 spiro atoms. The monoisotopic (exact) mass is 306 g/mol. The molecule has 0 aromatic carbocycles. The average Bonchev–Trinajstić information content (AvgIpc) is 2.98. The van der Waals surface area contributed by atoms with Gasteiger partial charge >= 0.3 is 0 Å². The fourth-order valence-corrected chi connectivity index (χ4v) is 4.60. The van der Waals surface area contributed by atoms with E-state index in [1.807, 2.05) is 18.3 Å². The second-order valence-electron chi connectivity index (χ2n) is 6.48. The van der Waals surface area contributed by atoms with Crippen LogP contribution in [-0.2, 0) is 11.2 Å². The van der Waals surface area contributed by atoms with Gasteiger partial charge in [-0.2, -0.15) is 0 Å². The zero-order chi connectivity index (χ0) is 14.7. The highest BCUT2D eigenvalue weighted by Crippen LogP contribution is 2.33. The van der Waals surface area contributed by atoms with Gasteiger partial charge in [-0.25, -0.2) is 0 Å². The maximum absolute atomic E-state index is 12.4. The Morgan fingerprint density at radius 3 is 2.86 bits per heavy atom. The van der Waals surface area contributed by atoms with E-state index >= 15 is 0 Å². The quantitative estimate of drug-likeness (QED) is 0.893. The molecular formula is C17H26N2OS. The van der Waals surface area contributed by atoms with Crippen molar-refractivity contribution in [2.24, 2.45) is 0 Å². The number of aryl methyl sites for hydroxylation is 1. The molecule has 0 radical (unpaired) electrons. The molecule has 21 heavy (non-hydrogen) atoms. The minimum absolute atomic E-state index is 0.109. The molecular weight excluding hydrogens is 280 g/mol. The number of nitrogens with one attached hydrogen (secondary N) is 2. The van der Waals surface area contributed by atoms with Crippen LogP contribution in [0.3, 0.4) is 0 Å². The van der Waals surface area contributed by atoms with Gasteiger partial charge in [0.15, 0.2) is 0 Å². The van der Waals surface area contributed by atoms with Gasteiger partial charge in [-0.05, 0) is 56.0 Å². The van der Waals surface area contributed by atoms with Gasteiger partial charge in [0.1, 0.15) is 0 Å². The number of hydrogen-bond acceptors (Lipinski definition) is 3. The molecule has 2 aliphatic rings. The molecule has 2 unspecified atom stereocenters. The van der Waals surface area contributed by atoms with Crippen molar-refractivity contribution in [2.75, 3.05) is 0 Å². The molecule has 0 aliphatic heterocycles. The first-order chi connectivity index (χ1) is 10.2. The zero-order valence-electron chi connectivity index (χ0n) is 12.9. The van der Waals surface area contributed by atoms with Crippen LogP contribution in [0.1, 0.15) is 68.4 Å². The first-order valence-electron chi connectivity index (χ1n) is 8.36. The lowest BCUT2D eigenvalue weighted by molar-refractivity contribution is -0.123. The van der Waals surface area contributed by atoms with Crippen LogP contribution < -0.4 is 10.6 Å². The molecule has 1 amide bonds. The normalized spacial score (nSPS) is 24.3. The van der Waals surface area contributed by atoms with Crippen LogP contribution in [0, 0.1) is 0 Å². The molecule has 0 saturated heterocycles. The van der Waals surface area contributed by atoms with Gasteiger partial charge in [0.2, 0.25) is 5.91 Å². The third kappa shape index (κ3) is 3.67. The summed E-state index contributed by atoms with van der Waals surface area (Å²) in [5.74, 6) is 0.171. The lowest BCUT2D eigenvalue weighted by Gasteiger charge is -2.29. The number of fused-ring (bicyclic) bond motifs is 1. The maximum Gasteiger partial charge on any atom is 0.237 e. The van der Waals surface area contributed by atoms with Crippen LogP contribution in [0.4, 0.5) is 0 Å². The molecule has 3 rings (SSSR count). The van der Waals surface area contributed by atoms with Gasteiger partial charge in [0.05, 0.1) is 6.04 Å². The summed E-state index contributed by atoms with van der Waals surface area (Å²) in [5, 5.41) is 8.95. The zero-order valence-corrected chi connectivity index (χ0v) is 13.7. The second kappa shape index (κ2) is 6.93. The summed E-state index contributed by atoms with van der Waals surface area (Å²) in [6, 6.07) is 2.87. The molecule has 1 heterocycles. The standard InChI is InChI=1S/C17H26N2OS/c1-12(17(20)19-13-6-3-2-4-7-13)18-15-8-5-9-16-14(15)10-11-21-16/h10-13,15,18H,2-9H2,1H3,(H,19,20). The molecule has 2 N–H and O–H groups in total. The van der Waals surface area contributed by atoms with Crippen molar-refractivity contribution in [1.29, 1.82) is 0 Å². The van der Waals surface area contributed by atoms with E-state index in [-0.39, 0.29) is 11.9 Å². The molecule has 2 atom stereocenters. The molecule has 3 nitrogen and oxygen atoms in total. The Morgan fingerprint density at radius 1 is 1.24 bits per heavy atom. The van der Waals surface area contributed by atoms with Crippen molar-refractivity contribution in [1.82, 2.24) is 10.6 Å². The van der Waals surface area contributed by atoms with E-state index in [1.165, 1.54) is 42.5 Å². The maximum atomic E-state index is 12.4. The van der Waals surface area contributed by atoms with E-state index in [4.69, 9.17) is 0 Å². The Hall–Kier alpha value is -0.870. The van der Waals surface area contributed by atoms with Crippen molar-refractivity contribution < 1.29 is 4.79 Å². The Morgan fingerprint density at radius 2 is 2.05 bits per heavy atom. The van der Waals surface area contributed by atoms with Crippen molar-refractivity contribution >= 4 is 17.2 Å². The third-order valence-electron chi connectivity index (χ3n) is 4.85. The highest BCUT2D eigenvalue weighted by Gasteiger charge is 2.25. The minimum atomic E-state index is -0.109. The van der Waals surface area contributed by atoms with Crippen molar-refractivity contribution in [3.05, 3.63) is 21.9 Å². The van der Waals surface area contributed by atoms with Gasteiger partial charge in [-0.1, -0.05) is 19.3 Å². The molecule has 116 valence electrons. The lowest BCUT2D eigenvalue weighted by Crippen LogP contribution is -2.48. The van der Waals surface area contributed by atoms with E-state index < -0.39 is 0 Å². The van der Waals surface area contributed by atoms with Crippen LogP contribution in [0.5, 0.6) is 0 Å². The minimum Gasteiger partial charge on any atom is -0.352 e. The predicted molar refractivity (Wildman–Crippen MR) is 87.6 cm³/mol. The smallest absolute Gasteiger partial charge is 0.237 e. The Bertz CT molecular complexity index is 479. The first-order valence-corrected chi connectivity index (χ1v) is 9.24. The summed E-state index contributed by atoms with van der Waals surface area (Å²) < 4.78 is 0. The van der Waals surface area contributed by atoms with Gasteiger partial charge in [0.25, 0.3) is 0 Å². The first kappa shape index (κ1) is 15.0. The van der Waals surface area contributed by atoms with E-state index in [2.05, 4.69) is 22.1 Å². The lowest BCUT2D eigenvalue weighted by atomic mass is 9.93. The van der Waals surface area contributed by atoms with Crippen LogP contribution in [0.2, 0.25) is 0 Å². The summed E-state index contributed by atoms with van der Waals surface area (Å²) in [7, 11) is 0. The van der Waals surface area contributed by atoms with Gasteiger partial charge in [-0.15, -0.1) is 11.3 Å². The number of rotatable bonds is 4.